The van der Waals surface area contributed by atoms with Gasteiger partial charge in [-0.05, 0) is 39.7 Å². The molecular formula is C19H26N4O3S. The van der Waals surface area contributed by atoms with Crippen LogP contribution >= 0.6 is 0 Å². The zero-order valence-corrected chi connectivity index (χ0v) is 17.0. The molecule has 3 rings (SSSR count). The molecule has 0 saturated carbocycles. The van der Waals surface area contributed by atoms with E-state index in [0.717, 1.165) is 5.56 Å². The molecule has 1 aromatic heterocycles. The molecule has 1 N–H and O–H groups in total. The van der Waals surface area contributed by atoms with Crippen LogP contribution in [0, 0.1) is 13.8 Å². The number of nitrogens with one attached hydrogen (secondary N) is 1. The second-order valence-electron chi connectivity index (χ2n) is 7.29. The van der Waals surface area contributed by atoms with Crippen molar-refractivity contribution in [2.24, 2.45) is 0 Å². The Labute approximate surface area is 160 Å². The van der Waals surface area contributed by atoms with Crippen LogP contribution in [0.2, 0.25) is 0 Å². The largest absolute Gasteiger partial charge is 0.351 e. The van der Waals surface area contributed by atoms with E-state index in [9.17, 15) is 13.2 Å². The Bertz CT molecular complexity index is 935. The molecule has 1 aliphatic rings. The number of nitrogens with zero attached hydrogens (tertiary/aromatic N) is 3. The van der Waals surface area contributed by atoms with Gasteiger partial charge in [0.05, 0.1) is 17.9 Å². The Kier molecular flexibility index (Phi) is 5.39. The van der Waals surface area contributed by atoms with Crippen molar-refractivity contribution in [3.8, 4) is 0 Å². The Morgan fingerprint density at radius 2 is 1.89 bits per heavy atom. The van der Waals surface area contributed by atoms with E-state index in [1.165, 1.54) is 4.31 Å². The molecule has 1 aliphatic heterocycles. The van der Waals surface area contributed by atoms with Crippen LogP contribution in [0.15, 0.2) is 35.2 Å². The number of amides is 1. The molecule has 0 bridgehead atoms. The molecule has 7 nitrogen and oxygen atoms in total. The summed E-state index contributed by atoms with van der Waals surface area (Å²) < 4.78 is 29.6. The van der Waals surface area contributed by atoms with E-state index in [1.807, 2.05) is 44.2 Å². The van der Waals surface area contributed by atoms with Crippen molar-refractivity contribution < 1.29 is 13.2 Å². The highest BCUT2D eigenvalue weighted by Crippen LogP contribution is 2.26. The van der Waals surface area contributed by atoms with E-state index in [4.69, 9.17) is 0 Å². The van der Waals surface area contributed by atoms with E-state index in [0.29, 0.717) is 17.8 Å². The lowest BCUT2D eigenvalue weighted by atomic mass is 10.0. The Morgan fingerprint density at radius 1 is 1.22 bits per heavy atom. The first-order valence-electron chi connectivity index (χ1n) is 9.09. The minimum absolute atomic E-state index is 0.0585. The summed E-state index contributed by atoms with van der Waals surface area (Å²) in [5.41, 5.74) is 2.13. The predicted octanol–water partition coefficient (Wildman–Crippen LogP) is 1.81. The van der Waals surface area contributed by atoms with Gasteiger partial charge in [-0.3, -0.25) is 9.48 Å². The zero-order valence-electron chi connectivity index (χ0n) is 16.1. The predicted molar refractivity (Wildman–Crippen MR) is 103 cm³/mol. The van der Waals surface area contributed by atoms with Gasteiger partial charge in [0.25, 0.3) is 0 Å². The summed E-state index contributed by atoms with van der Waals surface area (Å²) in [5.74, 6) is -0.280. The molecular weight excluding hydrogens is 364 g/mol. The number of benzene rings is 1. The summed E-state index contributed by atoms with van der Waals surface area (Å²) in [6.07, 6.45) is 0.585. The van der Waals surface area contributed by atoms with Crippen molar-refractivity contribution in [1.82, 2.24) is 19.4 Å². The molecule has 146 valence electrons. The number of hydrogen-bond donors (Lipinski definition) is 1. The van der Waals surface area contributed by atoms with Gasteiger partial charge in [0.2, 0.25) is 15.9 Å². The third-order valence-electron chi connectivity index (χ3n) is 4.78. The van der Waals surface area contributed by atoms with Crippen molar-refractivity contribution in [3.05, 3.63) is 47.3 Å². The zero-order chi connectivity index (χ0) is 19.8. The Morgan fingerprint density at radius 3 is 2.48 bits per heavy atom. The molecule has 1 amide bonds. The average molecular weight is 391 g/mol. The SMILES string of the molecule is Cc1nn(C(C)C)c(C)c1S(=O)(=O)N1CC(=O)N[C@@H](Cc2ccccc2)C1. The maximum absolute atomic E-state index is 13.3. The van der Waals surface area contributed by atoms with Gasteiger partial charge in [-0.1, -0.05) is 30.3 Å². The standard InChI is InChI=1S/C19H26N4O3S/c1-13(2)23-15(4)19(14(3)21-23)27(25,26)22-11-17(20-18(24)12-22)10-16-8-6-5-7-9-16/h5-9,13,17H,10-12H2,1-4H3,(H,20,24)/t17-/m0/s1. The molecule has 1 fully saturated rings. The highest BCUT2D eigenvalue weighted by Gasteiger charge is 2.37. The minimum Gasteiger partial charge on any atom is -0.351 e. The van der Waals surface area contributed by atoms with Crippen LogP contribution in [-0.4, -0.2) is 47.5 Å². The summed E-state index contributed by atoms with van der Waals surface area (Å²) in [7, 11) is -3.81. The molecule has 1 saturated heterocycles. The van der Waals surface area contributed by atoms with Gasteiger partial charge < -0.3 is 5.32 Å². The topological polar surface area (TPSA) is 84.3 Å². The number of aryl methyl sites for hydroxylation is 1. The van der Waals surface area contributed by atoms with Crippen LogP contribution in [-0.2, 0) is 21.2 Å². The summed E-state index contributed by atoms with van der Waals surface area (Å²) >= 11 is 0. The monoisotopic (exact) mass is 390 g/mol. The quantitative estimate of drug-likeness (QED) is 0.844. The van der Waals surface area contributed by atoms with Gasteiger partial charge in [-0.2, -0.15) is 9.40 Å². The fourth-order valence-electron chi connectivity index (χ4n) is 3.64. The van der Waals surface area contributed by atoms with Crippen LogP contribution < -0.4 is 5.32 Å². The van der Waals surface area contributed by atoms with E-state index in [1.54, 1.807) is 18.5 Å². The molecule has 0 unspecified atom stereocenters. The smallest absolute Gasteiger partial charge is 0.247 e. The van der Waals surface area contributed by atoms with E-state index in [2.05, 4.69) is 10.4 Å². The van der Waals surface area contributed by atoms with Crippen molar-refractivity contribution in [3.63, 3.8) is 0 Å². The lowest BCUT2D eigenvalue weighted by Gasteiger charge is -2.32. The third-order valence-corrected chi connectivity index (χ3v) is 6.84. The molecule has 1 atom stereocenters. The number of carbonyl (C=O) groups excluding carboxylic acids is 1. The van der Waals surface area contributed by atoms with Crippen molar-refractivity contribution in [1.29, 1.82) is 0 Å². The van der Waals surface area contributed by atoms with Gasteiger partial charge in [0.15, 0.2) is 0 Å². The molecule has 8 heteroatoms. The number of rotatable bonds is 5. The van der Waals surface area contributed by atoms with Gasteiger partial charge in [0, 0.05) is 18.6 Å². The molecule has 0 spiro atoms. The van der Waals surface area contributed by atoms with Crippen LogP contribution in [0.25, 0.3) is 0 Å². The maximum atomic E-state index is 13.3. The maximum Gasteiger partial charge on any atom is 0.247 e. The number of sulfonamides is 1. The van der Waals surface area contributed by atoms with Gasteiger partial charge in [-0.15, -0.1) is 0 Å². The van der Waals surface area contributed by atoms with E-state index in [-0.39, 0.29) is 36.0 Å². The third kappa shape index (κ3) is 3.91. The summed E-state index contributed by atoms with van der Waals surface area (Å²) in [6, 6.07) is 9.54. The summed E-state index contributed by atoms with van der Waals surface area (Å²) in [6.45, 7) is 7.46. The number of piperazine rings is 1. The second-order valence-corrected chi connectivity index (χ2v) is 9.16. The van der Waals surface area contributed by atoms with Crippen LogP contribution in [0.3, 0.4) is 0 Å². The van der Waals surface area contributed by atoms with E-state index < -0.39 is 10.0 Å². The van der Waals surface area contributed by atoms with Gasteiger partial charge in [-0.25, -0.2) is 8.42 Å². The highest BCUT2D eigenvalue weighted by molar-refractivity contribution is 7.89. The Balaban J connectivity index is 1.89. The number of aromatic nitrogens is 2. The highest BCUT2D eigenvalue weighted by atomic mass is 32.2. The minimum atomic E-state index is -3.81. The first-order chi connectivity index (χ1) is 12.7. The fourth-order valence-corrected chi connectivity index (χ4v) is 5.44. The first-order valence-corrected chi connectivity index (χ1v) is 10.5. The number of hydrogen-bond acceptors (Lipinski definition) is 4. The van der Waals surface area contributed by atoms with Crippen molar-refractivity contribution >= 4 is 15.9 Å². The van der Waals surface area contributed by atoms with Crippen LogP contribution in [0.5, 0.6) is 0 Å². The molecule has 0 radical (unpaired) electrons. The molecule has 0 aliphatic carbocycles. The average Bonchev–Trinajstić information content (AvgIpc) is 2.90. The first kappa shape index (κ1) is 19.6. The second kappa shape index (κ2) is 7.44. The molecule has 27 heavy (non-hydrogen) atoms. The van der Waals surface area contributed by atoms with Gasteiger partial charge >= 0.3 is 0 Å². The molecule has 1 aromatic carbocycles. The molecule has 2 heterocycles. The lowest BCUT2D eigenvalue weighted by molar-refractivity contribution is -0.123. The van der Waals surface area contributed by atoms with Crippen molar-refractivity contribution in [2.45, 2.75) is 51.1 Å². The summed E-state index contributed by atoms with van der Waals surface area (Å²) in [4.78, 5) is 12.4. The number of carbonyl (C=O) groups is 1. The lowest BCUT2D eigenvalue weighted by Crippen LogP contribution is -2.56. The van der Waals surface area contributed by atoms with Gasteiger partial charge in [0.1, 0.15) is 4.90 Å². The Hall–Kier alpha value is -2.19. The fraction of sp³-hybridized carbons (Fsp3) is 0.474. The molecule has 2 aromatic rings. The summed E-state index contributed by atoms with van der Waals surface area (Å²) in [5, 5.41) is 7.29. The van der Waals surface area contributed by atoms with Crippen molar-refractivity contribution in [2.75, 3.05) is 13.1 Å². The van der Waals surface area contributed by atoms with E-state index >= 15 is 0 Å². The van der Waals surface area contributed by atoms with Crippen LogP contribution in [0.4, 0.5) is 0 Å². The normalized spacial score (nSPS) is 18.7. The van der Waals surface area contributed by atoms with Crippen LogP contribution in [0.1, 0.15) is 36.8 Å².